The van der Waals surface area contributed by atoms with Gasteiger partial charge in [-0.1, -0.05) is 0 Å². The standard InChI is InChI=1S/C9H9N5/c10-7-3-1-4-11-8(7)14-9-12-5-2-6-13-9/h1-6H,10H2,(H,11,12,13,14). The van der Waals surface area contributed by atoms with E-state index in [4.69, 9.17) is 5.73 Å². The second-order valence-electron chi connectivity index (χ2n) is 2.64. The first kappa shape index (κ1) is 8.43. The summed E-state index contributed by atoms with van der Waals surface area (Å²) in [4.78, 5) is 12.1. The van der Waals surface area contributed by atoms with E-state index >= 15 is 0 Å². The maximum absolute atomic E-state index is 5.69. The van der Waals surface area contributed by atoms with E-state index in [9.17, 15) is 0 Å². The number of hydrogen-bond donors (Lipinski definition) is 2. The zero-order valence-electron chi connectivity index (χ0n) is 7.38. The first-order valence-electron chi connectivity index (χ1n) is 4.11. The van der Waals surface area contributed by atoms with Crippen LogP contribution in [0.15, 0.2) is 36.8 Å². The number of nitrogens with zero attached hydrogens (tertiary/aromatic N) is 3. The molecule has 70 valence electrons. The van der Waals surface area contributed by atoms with Gasteiger partial charge in [0.25, 0.3) is 0 Å². The van der Waals surface area contributed by atoms with Crippen molar-refractivity contribution < 1.29 is 0 Å². The molecular formula is C9H9N5. The average molecular weight is 187 g/mol. The summed E-state index contributed by atoms with van der Waals surface area (Å²) in [7, 11) is 0. The monoisotopic (exact) mass is 187 g/mol. The normalized spacial score (nSPS) is 9.71. The van der Waals surface area contributed by atoms with Gasteiger partial charge in [0.1, 0.15) is 0 Å². The van der Waals surface area contributed by atoms with Gasteiger partial charge in [0.2, 0.25) is 5.95 Å². The Balaban J connectivity index is 2.24. The Morgan fingerprint density at radius 2 is 1.71 bits per heavy atom. The number of aromatic nitrogens is 3. The summed E-state index contributed by atoms with van der Waals surface area (Å²) in [6.45, 7) is 0. The average Bonchev–Trinajstić information content (AvgIpc) is 2.23. The van der Waals surface area contributed by atoms with Crippen molar-refractivity contribution in [2.75, 3.05) is 11.1 Å². The minimum Gasteiger partial charge on any atom is -0.396 e. The summed E-state index contributed by atoms with van der Waals surface area (Å²) >= 11 is 0. The minimum absolute atomic E-state index is 0.484. The van der Waals surface area contributed by atoms with Gasteiger partial charge in [-0.25, -0.2) is 15.0 Å². The lowest BCUT2D eigenvalue weighted by Gasteiger charge is -2.04. The van der Waals surface area contributed by atoms with Gasteiger partial charge in [0.05, 0.1) is 5.69 Å². The molecule has 3 N–H and O–H groups in total. The van der Waals surface area contributed by atoms with Gasteiger partial charge < -0.3 is 11.1 Å². The van der Waals surface area contributed by atoms with Crippen molar-refractivity contribution in [2.24, 2.45) is 0 Å². The molecule has 5 nitrogen and oxygen atoms in total. The van der Waals surface area contributed by atoms with Crippen molar-refractivity contribution in [3.8, 4) is 0 Å². The van der Waals surface area contributed by atoms with Gasteiger partial charge in [-0.05, 0) is 18.2 Å². The number of nitrogens with one attached hydrogen (secondary N) is 1. The Hall–Kier alpha value is -2.17. The van der Waals surface area contributed by atoms with Crippen LogP contribution in [0, 0.1) is 0 Å². The van der Waals surface area contributed by atoms with E-state index in [1.165, 1.54) is 0 Å². The molecule has 0 radical (unpaired) electrons. The largest absolute Gasteiger partial charge is 0.396 e. The number of nitrogen functional groups attached to an aromatic ring is 1. The van der Waals surface area contributed by atoms with E-state index in [1.807, 2.05) is 0 Å². The van der Waals surface area contributed by atoms with Gasteiger partial charge >= 0.3 is 0 Å². The van der Waals surface area contributed by atoms with Crippen LogP contribution < -0.4 is 11.1 Å². The van der Waals surface area contributed by atoms with Gasteiger partial charge in [0, 0.05) is 18.6 Å². The lowest BCUT2D eigenvalue weighted by atomic mass is 10.4. The molecule has 5 heteroatoms. The third kappa shape index (κ3) is 1.77. The van der Waals surface area contributed by atoms with Crippen molar-refractivity contribution in [1.82, 2.24) is 15.0 Å². The van der Waals surface area contributed by atoms with Crippen molar-refractivity contribution >= 4 is 17.5 Å². The van der Waals surface area contributed by atoms with E-state index in [-0.39, 0.29) is 0 Å². The van der Waals surface area contributed by atoms with E-state index in [2.05, 4.69) is 20.3 Å². The predicted molar refractivity (Wildman–Crippen MR) is 54.0 cm³/mol. The van der Waals surface area contributed by atoms with Crippen LogP contribution in [0.2, 0.25) is 0 Å². The fourth-order valence-electron chi connectivity index (χ4n) is 0.992. The van der Waals surface area contributed by atoms with Crippen molar-refractivity contribution in [3.63, 3.8) is 0 Å². The van der Waals surface area contributed by atoms with E-state index in [0.717, 1.165) is 0 Å². The summed E-state index contributed by atoms with van der Waals surface area (Å²) in [5, 5.41) is 2.91. The molecule has 0 fully saturated rings. The van der Waals surface area contributed by atoms with Gasteiger partial charge in [-0.3, -0.25) is 0 Å². The lowest BCUT2D eigenvalue weighted by Crippen LogP contribution is -2.01. The fraction of sp³-hybridized carbons (Fsp3) is 0. The highest BCUT2D eigenvalue weighted by Crippen LogP contribution is 2.15. The fourth-order valence-corrected chi connectivity index (χ4v) is 0.992. The highest BCUT2D eigenvalue weighted by atomic mass is 15.1. The van der Waals surface area contributed by atoms with Crippen LogP contribution in [0.3, 0.4) is 0 Å². The number of pyridine rings is 1. The van der Waals surface area contributed by atoms with Gasteiger partial charge in [0.15, 0.2) is 5.82 Å². The van der Waals surface area contributed by atoms with Crippen LogP contribution in [-0.2, 0) is 0 Å². The molecule has 2 rings (SSSR count). The first-order chi connectivity index (χ1) is 6.86. The summed E-state index contributed by atoms with van der Waals surface area (Å²) in [6.07, 6.45) is 4.95. The third-order valence-corrected chi connectivity index (χ3v) is 1.63. The molecule has 0 atom stereocenters. The SMILES string of the molecule is Nc1cccnc1Nc1ncccn1. The molecule has 0 saturated carbocycles. The number of nitrogens with two attached hydrogens (primary N) is 1. The van der Waals surface area contributed by atoms with Gasteiger partial charge in [-0.15, -0.1) is 0 Å². The molecule has 0 unspecified atom stereocenters. The van der Waals surface area contributed by atoms with Crippen LogP contribution >= 0.6 is 0 Å². The van der Waals surface area contributed by atoms with Crippen LogP contribution in [0.5, 0.6) is 0 Å². The number of anilines is 3. The Bertz CT molecular complexity index is 415. The smallest absolute Gasteiger partial charge is 0.228 e. The van der Waals surface area contributed by atoms with E-state index in [1.54, 1.807) is 36.8 Å². The molecule has 0 aliphatic rings. The number of hydrogen-bond acceptors (Lipinski definition) is 5. The summed E-state index contributed by atoms with van der Waals surface area (Å²) < 4.78 is 0. The molecule has 0 aromatic carbocycles. The maximum Gasteiger partial charge on any atom is 0.228 e. The Morgan fingerprint density at radius 1 is 1.00 bits per heavy atom. The zero-order valence-corrected chi connectivity index (χ0v) is 7.38. The van der Waals surface area contributed by atoms with E-state index < -0.39 is 0 Å². The highest BCUT2D eigenvalue weighted by Gasteiger charge is 2.00. The topological polar surface area (TPSA) is 76.7 Å². The third-order valence-electron chi connectivity index (χ3n) is 1.63. The molecule has 2 aromatic heterocycles. The number of rotatable bonds is 2. The molecule has 14 heavy (non-hydrogen) atoms. The Labute approximate surface area is 81.0 Å². The lowest BCUT2D eigenvalue weighted by molar-refractivity contribution is 1.15. The molecule has 0 aliphatic carbocycles. The molecule has 2 heterocycles. The molecular weight excluding hydrogens is 178 g/mol. The van der Waals surface area contributed by atoms with Crippen molar-refractivity contribution in [2.45, 2.75) is 0 Å². The molecule has 0 aliphatic heterocycles. The molecule has 0 spiro atoms. The Kier molecular flexibility index (Phi) is 2.22. The van der Waals surface area contributed by atoms with Crippen LogP contribution in [0.4, 0.5) is 17.5 Å². The molecule has 2 aromatic rings. The van der Waals surface area contributed by atoms with Crippen LogP contribution in [0.25, 0.3) is 0 Å². The molecule has 0 bridgehead atoms. The molecule has 0 saturated heterocycles. The quantitative estimate of drug-likeness (QED) is 0.738. The van der Waals surface area contributed by atoms with Crippen LogP contribution in [-0.4, -0.2) is 15.0 Å². The second-order valence-corrected chi connectivity index (χ2v) is 2.64. The molecule has 0 amide bonds. The summed E-state index contributed by atoms with van der Waals surface area (Å²) in [5.74, 6) is 1.05. The second kappa shape index (κ2) is 3.69. The first-order valence-corrected chi connectivity index (χ1v) is 4.11. The van der Waals surface area contributed by atoms with Crippen molar-refractivity contribution in [1.29, 1.82) is 0 Å². The van der Waals surface area contributed by atoms with Crippen LogP contribution in [0.1, 0.15) is 0 Å². The maximum atomic E-state index is 5.69. The minimum atomic E-state index is 0.484. The highest BCUT2D eigenvalue weighted by molar-refractivity contribution is 5.64. The van der Waals surface area contributed by atoms with Gasteiger partial charge in [-0.2, -0.15) is 0 Å². The zero-order chi connectivity index (χ0) is 9.80. The Morgan fingerprint density at radius 3 is 2.43 bits per heavy atom. The summed E-state index contributed by atoms with van der Waals surface area (Å²) in [6, 6.07) is 5.28. The van der Waals surface area contributed by atoms with E-state index in [0.29, 0.717) is 17.5 Å². The summed E-state index contributed by atoms with van der Waals surface area (Å²) in [5.41, 5.74) is 6.26. The van der Waals surface area contributed by atoms with Crippen molar-refractivity contribution in [3.05, 3.63) is 36.8 Å². The predicted octanol–water partition coefficient (Wildman–Crippen LogP) is 1.20.